The van der Waals surface area contributed by atoms with Crippen LogP contribution in [0.5, 0.6) is 0 Å². The average molecular weight is 513 g/mol. The van der Waals surface area contributed by atoms with E-state index in [1.165, 1.54) is 61.2 Å². The quantitative estimate of drug-likeness (QED) is 0.229. The SMILES string of the molecule is Cc1ccc(-c2ccc3oc4c(-c5ccc6c(c5)-c5ccccc5C6)cc(-c5ccc(C)cc5)cc4c3c2)cc1. The summed E-state index contributed by atoms with van der Waals surface area (Å²) in [7, 11) is 0. The smallest absolute Gasteiger partial charge is 0.143 e. The number of hydrogen-bond donors (Lipinski definition) is 0. The number of hydrogen-bond acceptors (Lipinski definition) is 1. The maximum atomic E-state index is 6.65. The van der Waals surface area contributed by atoms with E-state index >= 15 is 0 Å². The van der Waals surface area contributed by atoms with Crippen LogP contribution in [0.3, 0.4) is 0 Å². The van der Waals surface area contributed by atoms with Gasteiger partial charge in [-0.25, -0.2) is 0 Å². The summed E-state index contributed by atoms with van der Waals surface area (Å²) in [5, 5.41) is 2.30. The highest BCUT2D eigenvalue weighted by molar-refractivity contribution is 6.12. The second kappa shape index (κ2) is 8.83. The van der Waals surface area contributed by atoms with Crippen molar-refractivity contribution in [3.05, 3.63) is 144 Å². The minimum Gasteiger partial charge on any atom is -0.455 e. The molecule has 1 aliphatic carbocycles. The first-order valence-electron chi connectivity index (χ1n) is 14.0. The first-order chi connectivity index (χ1) is 19.6. The molecule has 0 radical (unpaired) electrons. The summed E-state index contributed by atoms with van der Waals surface area (Å²) in [4.78, 5) is 0. The molecule has 0 fully saturated rings. The third kappa shape index (κ3) is 3.70. The molecule has 0 unspecified atom stereocenters. The minimum absolute atomic E-state index is 0.916. The summed E-state index contributed by atoms with van der Waals surface area (Å²) in [6.45, 7) is 4.26. The van der Waals surface area contributed by atoms with Gasteiger partial charge in [-0.3, -0.25) is 0 Å². The van der Waals surface area contributed by atoms with E-state index in [0.29, 0.717) is 0 Å². The molecule has 6 aromatic carbocycles. The lowest BCUT2D eigenvalue weighted by Crippen LogP contribution is -1.86. The van der Waals surface area contributed by atoms with Gasteiger partial charge in [-0.05, 0) is 101 Å². The summed E-state index contributed by atoms with van der Waals surface area (Å²) in [5.74, 6) is 0. The van der Waals surface area contributed by atoms with Gasteiger partial charge in [0.25, 0.3) is 0 Å². The molecule has 8 rings (SSSR count). The predicted octanol–water partition coefficient (Wildman–Crippen LogP) is 10.8. The molecule has 0 N–H and O–H groups in total. The zero-order valence-electron chi connectivity index (χ0n) is 22.7. The molecule has 0 aliphatic heterocycles. The van der Waals surface area contributed by atoms with E-state index in [-0.39, 0.29) is 0 Å². The van der Waals surface area contributed by atoms with Crippen LogP contribution < -0.4 is 0 Å². The van der Waals surface area contributed by atoms with Crippen LogP contribution in [0.4, 0.5) is 0 Å². The molecule has 0 atom stereocenters. The summed E-state index contributed by atoms with van der Waals surface area (Å²) < 4.78 is 6.65. The molecular weight excluding hydrogens is 484 g/mol. The van der Waals surface area contributed by atoms with Crippen LogP contribution in [0.25, 0.3) is 66.4 Å². The fourth-order valence-electron chi connectivity index (χ4n) is 6.22. The normalized spacial score (nSPS) is 12.2. The van der Waals surface area contributed by atoms with Crippen molar-refractivity contribution in [1.29, 1.82) is 0 Å². The highest BCUT2D eigenvalue weighted by Crippen LogP contribution is 2.44. The van der Waals surface area contributed by atoms with Crippen molar-refractivity contribution in [3.63, 3.8) is 0 Å². The van der Waals surface area contributed by atoms with Gasteiger partial charge < -0.3 is 4.42 Å². The Labute approximate surface area is 234 Å². The molecule has 1 nitrogen and oxygen atoms in total. The third-order valence-electron chi connectivity index (χ3n) is 8.45. The molecule has 40 heavy (non-hydrogen) atoms. The van der Waals surface area contributed by atoms with Gasteiger partial charge in [0.05, 0.1) is 0 Å². The molecule has 1 heterocycles. The van der Waals surface area contributed by atoms with Crippen molar-refractivity contribution in [2.45, 2.75) is 20.3 Å². The lowest BCUT2D eigenvalue weighted by molar-refractivity contribution is 0.670. The van der Waals surface area contributed by atoms with Crippen molar-refractivity contribution in [2.24, 2.45) is 0 Å². The Kier molecular flexibility index (Phi) is 5.09. The highest BCUT2D eigenvalue weighted by atomic mass is 16.3. The zero-order chi connectivity index (χ0) is 26.8. The summed E-state index contributed by atoms with van der Waals surface area (Å²) >= 11 is 0. The van der Waals surface area contributed by atoms with E-state index in [4.69, 9.17) is 4.42 Å². The van der Waals surface area contributed by atoms with Crippen LogP contribution in [0.15, 0.2) is 126 Å². The van der Waals surface area contributed by atoms with Gasteiger partial charge in [-0.15, -0.1) is 0 Å². The molecule has 0 amide bonds. The maximum Gasteiger partial charge on any atom is 0.143 e. The van der Waals surface area contributed by atoms with Crippen molar-refractivity contribution < 1.29 is 4.42 Å². The van der Waals surface area contributed by atoms with Crippen LogP contribution in [-0.4, -0.2) is 0 Å². The Hall–Kier alpha value is -4.88. The molecule has 0 saturated heterocycles. The third-order valence-corrected chi connectivity index (χ3v) is 8.45. The van der Waals surface area contributed by atoms with Crippen molar-refractivity contribution >= 4 is 21.9 Å². The van der Waals surface area contributed by atoms with Crippen LogP contribution >= 0.6 is 0 Å². The molecular formula is C39H28O. The molecule has 1 heteroatoms. The number of benzene rings is 6. The second-order valence-electron chi connectivity index (χ2n) is 11.2. The van der Waals surface area contributed by atoms with E-state index in [0.717, 1.165) is 33.9 Å². The van der Waals surface area contributed by atoms with E-state index in [1.54, 1.807) is 0 Å². The molecule has 7 aromatic rings. The molecule has 190 valence electrons. The summed E-state index contributed by atoms with van der Waals surface area (Å²) in [5.41, 5.74) is 17.0. The molecule has 1 aliphatic rings. The topological polar surface area (TPSA) is 13.1 Å². The Morgan fingerprint density at radius 3 is 1.82 bits per heavy atom. The first kappa shape index (κ1) is 23.0. The van der Waals surface area contributed by atoms with Gasteiger partial charge in [-0.2, -0.15) is 0 Å². The van der Waals surface area contributed by atoms with E-state index in [9.17, 15) is 0 Å². The number of furan rings is 1. The van der Waals surface area contributed by atoms with E-state index in [1.807, 2.05) is 0 Å². The molecule has 1 aromatic heterocycles. The van der Waals surface area contributed by atoms with Crippen molar-refractivity contribution in [3.8, 4) is 44.5 Å². The van der Waals surface area contributed by atoms with Crippen LogP contribution in [0.1, 0.15) is 22.3 Å². The Balaban J connectivity index is 1.38. The van der Waals surface area contributed by atoms with Gasteiger partial charge in [-0.1, -0.05) is 102 Å². The van der Waals surface area contributed by atoms with Gasteiger partial charge >= 0.3 is 0 Å². The van der Waals surface area contributed by atoms with E-state index in [2.05, 4.69) is 135 Å². The molecule has 0 spiro atoms. The fourth-order valence-corrected chi connectivity index (χ4v) is 6.22. The first-order valence-corrected chi connectivity index (χ1v) is 14.0. The maximum absolute atomic E-state index is 6.65. The van der Waals surface area contributed by atoms with Gasteiger partial charge in [0, 0.05) is 16.3 Å². The standard InChI is InChI=1S/C39H28O/c1-24-7-11-26(12-8-24)28-17-18-38-36(20-28)37-23-32(27-13-9-25(2)10-14-27)22-35(39(37)40-38)31-16-15-30-19-29-5-3-4-6-33(29)34(30)21-31/h3-18,20-23H,19H2,1-2H3. The molecule has 0 saturated carbocycles. The Morgan fingerprint density at radius 2 is 1.05 bits per heavy atom. The zero-order valence-corrected chi connectivity index (χ0v) is 22.7. The Bertz CT molecular complexity index is 2070. The number of fused-ring (bicyclic) bond motifs is 6. The highest BCUT2D eigenvalue weighted by Gasteiger charge is 2.21. The van der Waals surface area contributed by atoms with Gasteiger partial charge in [0.15, 0.2) is 0 Å². The van der Waals surface area contributed by atoms with Crippen molar-refractivity contribution in [2.75, 3.05) is 0 Å². The summed E-state index contributed by atoms with van der Waals surface area (Å²) in [6, 6.07) is 44.4. The fraction of sp³-hybridized carbons (Fsp3) is 0.0769. The average Bonchev–Trinajstić information content (AvgIpc) is 3.55. The minimum atomic E-state index is 0.916. The lowest BCUT2D eigenvalue weighted by Gasteiger charge is -2.10. The lowest BCUT2D eigenvalue weighted by atomic mass is 9.93. The largest absolute Gasteiger partial charge is 0.455 e. The predicted molar refractivity (Wildman–Crippen MR) is 168 cm³/mol. The second-order valence-corrected chi connectivity index (χ2v) is 11.2. The number of rotatable bonds is 3. The van der Waals surface area contributed by atoms with Gasteiger partial charge in [0.2, 0.25) is 0 Å². The van der Waals surface area contributed by atoms with Crippen molar-refractivity contribution in [1.82, 2.24) is 0 Å². The monoisotopic (exact) mass is 512 g/mol. The van der Waals surface area contributed by atoms with E-state index < -0.39 is 0 Å². The summed E-state index contributed by atoms with van der Waals surface area (Å²) in [6.07, 6.45) is 0.997. The van der Waals surface area contributed by atoms with Crippen LogP contribution in [0, 0.1) is 13.8 Å². The van der Waals surface area contributed by atoms with Gasteiger partial charge in [0.1, 0.15) is 11.2 Å². The molecule has 0 bridgehead atoms. The van der Waals surface area contributed by atoms with Crippen LogP contribution in [0.2, 0.25) is 0 Å². The van der Waals surface area contributed by atoms with Crippen LogP contribution in [-0.2, 0) is 6.42 Å². The number of aryl methyl sites for hydroxylation is 2. The Morgan fingerprint density at radius 1 is 0.450 bits per heavy atom.